The van der Waals surface area contributed by atoms with Crippen LogP contribution in [-0.4, -0.2) is 40.2 Å². The number of rotatable bonds is 5. The summed E-state index contributed by atoms with van der Waals surface area (Å²) in [5.41, 5.74) is 1.55. The normalized spacial score (nSPS) is 13.3. The number of amides is 2. The maximum absolute atomic E-state index is 12.2. The number of thioether (sulfide) groups is 1. The summed E-state index contributed by atoms with van der Waals surface area (Å²) in [7, 11) is 0. The van der Waals surface area contributed by atoms with Crippen molar-refractivity contribution in [1.29, 1.82) is 0 Å². The van der Waals surface area contributed by atoms with Gasteiger partial charge in [-0.05, 0) is 24.3 Å². The molecular weight excluding hydrogens is 372 g/mol. The van der Waals surface area contributed by atoms with Gasteiger partial charge in [-0.1, -0.05) is 36.0 Å². The highest BCUT2D eigenvalue weighted by Crippen LogP contribution is 2.29. The Labute approximate surface area is 156 Å². The van der Waals surface area contributed by atoms with Crippen LogP contribution in [0.25, 0.3) is 10.2 Å². The van der Waals surface area contributed by atoms with E-state index in [9.17, 15) is 14.4 Å². The molecule has 0 fully saturated rings. The molecule has 2 amide bonds. The summed E-state index contributed by atoms with van der Waals surface area (Å²) >= 11 is 2.77. The third-order valence-electron chi connectivity index (χ3n) is 3.82. The molecule has 0 atom stereocenters. The molecule has 0 radical (unpaired) electrons. The lowest BCUT2D eigenvalue weighted by molar-refractivity contribution is -0.142. The van der Waals surface area contributed by atoms with Crippen LogP contribution in [0, 0.1) is 0 Å². The van der Waals surface area contributed by atoms with Gasteiger partial charge in [0.05, 0.1) is 27.1 Å². The smallest absolute Gasteiger partial charge is 0.318 e. The fourth-order valence-corrected chi connectivity index (χ4v) is 4.43. The van der Waals surface area contributed by atoms with Gasteiger partial charge in [0.25, 0.3) is 11.8 Å². The molecule has 1 aliphatic heterocycles. The van der Waals surface area contributed by atoms with Gasteiger partial charge in [-0.15, -0.1) is 11.3 Å². The first-order chi connectivity index (χ1) is 12.6. The monoisotopic (exact) mass is 384 g/mol. The average Bonchev–Trinajstić information content (AvgIpc) is 3.18. The number of fused-ring (bicyclic) bond motifs is 2. The number of ether oxygens (including phenoxy) is 1. The van der Waals surface area contributed by atoms with Crippen LogP contribution in [0.15, 0.2) is 52.9 Å². The van der Waals surface area contributed by atoms with E-state index in [0.717, 1.165) is 19.5 Å². The molecule has 6 nitrogen and oxygen atoms in total. The highest BCUT2D eigenvalue weighted by molar-refractivity contribution is 8.01. The number of imide groups is 1. The summed E-state index contributed by atoms with van der Waals surface area (Å²) in [6.45, 7) is -0.383. The summed E-state index contributed by atoms with van der Waals surface area (Å²) in [6.07, 6.45) is 0. The van der Waals surface area contributed by atoms with Crippen LogP contribution in [0.4, 0.5) is 0 Å². The van der Waals surface area contributed by atoms with Crippen LogP contribution in [0.5, 0.6) is 0 Å². The van der Waals surface area contributed by atoms with Gasteiger partial charge in [0.2, 0.25) is 0 Å². The average molecular weight is 384 g/mol. The van der Waals surface area contributed by atoms with Gasteiger partial charge in [-0.3, -0.25) is 14.4 Å². The SMILES string of the molecule is O=C(CSc1nc2ccccc2s1)OCN1C(=O)c2ccccc2C1=O. The predicted molar refractivity (Wildman–Crippen MR) is 98.2 cm³/mol. The summed E-state index contributed by atoms with van der Waals surface area (Å²) in [4.78, 5) is 41.7. The highest BCUT2D eigenvalue weighted by Gasteiger charge is 2.35. The molecule has 0 unspecified atom stereocenters. The van der Waals surface area contributed by atoms with Gasteiger partial charge >= 0.3 is 5.97 Å². The first-order valence-electron chi connectivity index (χ1n) is 7.73. The number of aromatic nitrogens is 1. The zero-order valence-corrected chi connectivity index (χ0v) is 15.0. The van der Waals surface area contributed by atoms with Gasteiger partial charge in [0.15, 0.2) is 11.1 Å². The van der Waals surface area contributed by atoms with Gasteiger partial charge in [-0.2, -0.15) is 0 Å². The van der Waals surface area contributed by atoms with Crippen molar-refractivity contribution in [2.24, 2.45) is 0 Å². The third-order valence-corrected chi connectivity index (χ3v) is 5.97. The molecule has 130 valence electrons. The molecule has 1 aliphatic rings. The number of esters is 1. The zero-order chi connectivity index (χ0) is 18.1. The van der Waals surface area contributed by atoms with Crippen LogP contribution in [0.3, 0.4) is 0 Å². The number of para-hydroxylation sites is 1. The number of thiazole rings is 1. The summed E-state index contributed by atoms with van der Waals surface area (Å²) in [5.74, 6) is -1.34. The number of hydrogen-bond donors (Lipinski definition) is 0. The fourth-order valence-electron chi connectivity index (χ4n) is 2.57. The molecule has 2 heterocycles. The van der Waals surface area contributed by atoms with Crippen molar-refractivity contribution in [2.75, 3.05) is 12.5 Å². The molecule has 0 bridgehead atoms. The molecule has 26 heavy (non-hydrogen) atoms. The predicted octanol–water partition coefficient (Wildman–Crippen LogP) is 3.19. The van der Waals surface area contributed by atoms with E-state index in [1.54, 1.807) is 24.3 Å². The lowest BCUT2D eigenvalue weighted by Gasteiger charge is -2.13. The van der Waals surface area contributed by atoms with E-state index in [-0.39, 0.29) is 12.5 Å². The zero-order valence-electron chi connectivity index (χ0n) is 13.4. The van der Waals surface area contributed by atoms with Gasteiger partial charge in [0, 0.05) is 0 Å². The molecule has 8 heteroatoms. The maximum Gasteiger partial charge on any atom is 0.318 e. The molecule has 0 spiro atoms. The summed E-state index contributed by atoms with van der Waals surface area (Å²) in [6, 6.07) is 14.3. The first kappa shape index (κ1) is 16.7. The molecule has 0 saturated carbocycles. The van der Waals surface area contributed by atoms with Crippen LogP contribution >= 0.6 is 23.1 Å². The van der Waals surface area contributed by atoms with Crippen molar-refractivity contribution in [3.63, 3.8) is 0 Å². The van der Waals surface area contributed by atoms with Gasteiger partial charge < -0.3 is 4.74 Å². The van der Waals surface area contributed by atoms with Crippen LogP contribution in [-0.2, 0) is 9.53 Å². The Kier molecular flexibility index (Phi) is 4.44. The molecule has 0 N–H and O–H groups in total. The van der Waals surface area contributed by atoms with E-state index >= 15 is 0 Å². The number of hydrogen-bond acceptors (Lipinski definition) is 7. The Balaban J connectivity index is 1.33. The number of nitrogens with zero attached hydrogens (tertiary/aromatic N) is 2. The lowest BCUT2D eigenvalue weighted by Crippen LogP contribution is -2.33. The number of carbonyl (C=O) groups is 3. The number of carbonyl (C=O) groups excluding carboxylic acids is 3. The summed E-state index contributed by atoms with van der Waals surface area (Å²) < 4.78 is 6.91. The topological polar surface area (TPSA) is 76.6 Å². The third kappa shape index (κ3) is 3.09. The second kappa shape index (κ2) is 6.89. The molecule has 2 aromatic carbocycles. The van der Waals surface area contributed by atoms with Crippen molar-refractivity contribution in [2.45, 2.75) is 4.34 Å². The minimum atomic E-state index is -0.509. The molecule has 0 aliphatic carbocycles. The van der Waals surface area contributed by atoms with Crippen molar-refractivity contribution < 1.29 is 19.1 Å². The van der Waals surface area contributed by atoms with E-state index in [2.05, 4.69) is 4.98 Å². The van der Waals surface area contributed by atoms with Crippen molar-refractivity contribution in [1.82, 2.24) is 9.88 Å². The molecule has 0 saturated heterocycles. The van der Waals surface area contributed by atoms with Gasteiger partial charge in [-0.25, -0.2) is 9.88 Å². The Morgan fingerprint density at radius 3 is 2.38 bits per heavy atom. The maximum atomic E-state index is 12.2. The molecule has 1 aromatic heterocycles. The lowest BCUT2D eigenvalue weighted by atomic mass is 10.1. The molecular formula is C18H12N2O4S2. The van der Waals surface area contributed by atoms with Crippen LogP contribution in [0.2, 0.25) is 0 Å². The quantitative estimate of drug-likeness (QED) is 0.382. The Bertz CT molecular complexity index is 963. The standard InChI is InChI=1S/C18H12N2O4S2/c21-15(9-25-18-19-13-7-3-4-8-14(13)26-18)24-10-20-16(22)11-5-1-2-6-12(11)17(20)23/h1-8H,9-10H2. The number of benzene rings is 2. The van der Waals surface area contributed by atoms with Crippen molar-refractivity contribution in [3.8, 4) is 0 Å². The molecule has 3 aromatic rings. The second-order valence-electron chi connectivity index (χ2n) is 5.47. The minimum absolute atomic E-state index is 0.0585. The van der Waals surface area contributed by atoms with Crippen LogP contribution < -0.4 is 0 Å². The van der Waals surface area contributed by atoms with Gasteiger partial charge in [0.1, 0.15) is 0 Å². The van der Waals surface area contributed by atoms with Crippen LogP contribution in [0.1, 0.15) is 20.7 Å². The van der Waals surface area contributed by atoms with Crippen molar-refractivity contribution in [3.05, 3.63) is 59.7 Å². The van der Waals surface area contributed by atoms with E-state index in [0.29, 0.717) is 11.1 Å². The first-order valence-corrected chi connectivity index (χ1v) is 9.53. The fraction of sp³-hybridized carbons (Fsp3) is 0.111. The highest BCUT2D eigenvalue weighted by atomic mass is 32.2. The second-order valence-corrected chi connectivity index (χ2v) is 7.72. The van der Waals surface area contributed by atoms with E-state index in [4.69, 9.17) is 4.74 Å². The Hall–Kier alpha value is -2.71. The Morgan fingerprint density at radius 2 is 1.69 bits per heavy atom. The van der Waals surface area contributed by atoms with E-state index < -0.39 is 17.8 Å². The minimum Gasteiger partial charge on any atom is -0.443 e. The van der Waals surface area contributed by atoms with Crippen molar-refractivity contribution >= 4 is 51.1 Å². The largest absolute Gasteiger partial charge is 0.443 e. The summed E-state index contributed by atoms with van der Waals surface area (Å²) in [5, 5.41) is 0. The molecule has 4 rings (SSSR count). The Morgan fingerprint density at radius 1 is 1.04 bits per heavy atom. The van der Waals surface area contributed by atoms with E-state index in [1.165, 1.54) is 23.1 Å². The van der Waals surface area contributed by atoms with E-state index in [1.807, 2.05) is 24.3 Å².